The minimum absolute atomic E-state index is 0.0407. The van der Waals surface area contributed by atoms with E-state index in [1.54, 1.807) is 19.1 Å². The SMILES string of the molecule is COCC(N)C(=O)N(C)CCN1CCCC1. The molecule has 1 unspecified atom stereocenters. The van der Waals surface area contributed by atoms with Gasteiger partial charge in [-0.1, -0.05) is 0 Å². The molecule has 0 bridgehead atoms. The topological polar surface area (TPSA) is 58.8 Å². The molecule has 1 aliphatic heterocycles. The van der Waals surface area contributed by atoms with Crippen LogP contribution < -0.4 is 5.73 Å². The lowest BCUT2D eigenvalue weighted by molar-refractivity contribution is -0.132. The second-order valence-electron chi connectivity index (χ2n) is 4.37. The van der Waals surface area contributed by atoms with Gasteiger partial charge in [-0.15, -0.1) is 0 Å². The fourth-order valence-electron chi connectivity index (χ4n) is 1.94. The third-order valence-corrected chi connectivity index (χ3v) is 2.99. The van der Waals surface area contributed by atoms with Crippen molar-refractivity contribution >= 4 is 5.91 Å². The van der Waals surface area contributed by atoms with E-state index in [0.29, 0.717) is 0 Å². The molecule has 2 N–H and O–H groups in total. The van der Waals surface area contributed by atoms with E-state index in [1.165, 1.54) is 12.8 Å². The predicted octanol–water partition coefficient (Wildman–Crippen LogP) is -0.486. The van der Waals surface area contributed by atoms with Crippen LogP contribution in [0.4, 0.5) is 0 Å². The van der Waals surface area contributed by atoms with Gasteiger partial charge in [0.2, 0.25) is 5.91 Å². The third-order valence-electron chi connectivity index (χ3n) is 2.99. The molecular formula is C11H23N3O2. The molecule has 1 heterocycles. The number of amides is 1. The quantitative estimate of drug-likeness (QED) is 0.668. The lowest BCUT2D eigenvalue weighted by atomic mass is 10.3. The molecule has 1 amide bonds. The highest BCUT2D eigenvalue weighted by Crippen LogP contribution is 2.06. The average Bonchev–Trinajstić information content (AvgIpc) is 2.78. The van der Waals surface area contributed by atoms with Gasteiger partial charge >= 0.3 is 0 Å². The highest BCUT2D eigenvalue weighted by molar-refractivity contribution is 5.81. The molecule has 0 aromatic heterocycles. The van der Waals surface area contributed by atoms with Crippen molar-refractivity contribution in [3.8, 4) is 0 Å². The van der Waals surface area contributed by atoms with Gasteiger partial charge in [0, 0.05) is 27.2 Å². The summed E-state index contributed by atoms with van der Waals surface area (Å²) in [6.45, 7) is 4.30. The summed E-state index contributed by atoms with van der Waals surface area (Å²) in [7, 11) is 3.35. The van der Waals surface area contributed by atoms with Gasteiger partial charge in [0.15, 0.2) is 0 Å². The largest absolute Gasteiger partial charge is 0.383 e. The number of methoxy groups -OCH3 is 1. The highest BCUT2D eigenvalue weighted by Gasteiger charge is 2.19. The zero-order valence-corrected chi connectivity index (χ0v) is 10.3. The van der Waals surface area contributed by atoms with E-state index in [4.69, 9.17) is 10.5 Å². The van der Waals surface area contributed by atoms with Crippen LogP contribution in [0.1, 0.15) is 12.8 Å². The van der Waals surface area contributed by atoms with Gasteiger partial charge < -0.3 is 20.3 Å². The molecule has 5 nitrogen and oxygen atoms in total. The Hall–Kier alpha value is -0.650. The molecular weight excluding hydrogens is 206 g/mol. The normalized spacial score (nSPS) is 18.7. The summed E-state index contributed by atoms with van der Waals surface area (Å²) < 4.78 is 4.87. The summed E-state index contributed by atoms with van der Waals surface area (Å²) in [5.74, 6) is -0.0407. The van der Waals surface area contributed by atoms with Crippen molar-refractivity contribution < 1.29 is 9.53 Å². The molecule has 0 radical (unpaired) electrons. The standard InChI is InChI=1S/C11H23N3O2/c1-13(11(15)10(12)9-16-2)7-8-14-5-3-4-6-14/h10H,3-9,12H2,1-2H3. The molecule has 0 spiro atoms. The molecule has 16 heavy (non-hydrogen) atoms. The Kier molecular flexibility index (Phi) is 5.73. The molecule has 1 saturated heterocycles. The van der Waals surface area contributed by atoms with Crippen molar-refractivity contribution in [3.63, 3.8) is 0 Å². The van der Waals surface area contributed by atoms with Gasteiger partial charge in [0.25, 0.3) is 0 Å². The van der Waals surface area contributed by atoms with Crippen LogP contribution in [0.25, 0.3) is 0 Å². The molecule has 94 valence electrons. The highest BCUT2D eigenvalue weighted by atomic mass is 16.5. The maximum Gasteiger partial charge on any atom is 0.241 e. The van der Waals surface area contributed by atoms with E-state index in [-0.39, 0.29) is 12.5 Å². The molecule has 0 aromatic carbocycles. The van der Waals surface area contributed by atoms with Gasteiger partial charge in [-0.05, 0) is 25.9 Å². The number of nitrogens with zero attached hydrogens (tertiary/aromatic N) is 2. The summed E-state index contributed by atoms with van der Waals surface area (Å²) in [6, 6.07) is -0.534. The summed E-state index contributed by atoms with van der Waals surface area (Å²) in [4.78, 5) is 15.8. The molecule has 5 heteroatoms. The van der Waals surface area contributed by atoms with Crippen LogP contribution in [0, 0.1) is 0 Å². The predicted molar refractivity (Wildman–Crippen MR) is 63.2 cm³/mol. The van der Waals surface area contributed by atoms with E-state index < -0.39 is 6.04 Å². The van der Waals surface area contributed by atoms with Gasteiger partial charge in [0.05, 0.1) is 6.61 Å². The Balaban J connectivity index is 2.22. The lowest BCUT2D eigenvalue weighted by Gasteiger charge is -2.23. The van der Waals surface area contributed by atoms with Crippen molar-refractivity contribution in [1.29, 1.82) is 0 Å². The number of rotatable bonds is 6. The van der Waals surface area contributed by atoms with Gasteiger partial charge in [-0.25, -0.2) is 0 Å². The fraction of sp³-hybridized carbons (Fsp3) is 0.909. The van der Waals surface area contributed by atoms with E-state index >= 15 is 0 Å². The zero-order chi connectivity index (χ0) is 12.0. The van der Waals surface area contributed by atoms with Crippen LogP contribution in [0.3, 0.4) is 0 Å². The average molecular weight is 229 g/mol. The van der Waals surface area contributed by atoms with Crippen molar-refractivity contribution in [2.45, 2.75) is 18.9 Å². The first-order valence-corrected chi connectivity index (χ1v) is 5.87. The Bertz CT molecular complexity index is 217. The molecule has 1 fully saturated rings. The Morgan fingerprint density at radius 2 is 2.12 bits per heavy atom. The fourth-order valence-corrected chi connectivity index (χ4v) is 1.94. The molecule has 1 rings (SSSR count). The molecule has 0 aliphatic carbocycles. The van der Waals surface area contributed by atoms with Crippen molar-refractivity contribution in [3.05, 3.63) is 0 Å². The van der Waals surface area contributed by atoms with Gasteiger partial charge in [0.1, 0.15) is 6.04 Å². The number of carbonyl (C=O) groups is 1. The number of nitrogens with two attached hydrogens (primary N) is 1. The summed E-state index contributed by atoms with van der Waals surface area (Å²) in [5.41, 5.74) is 5.68. The van der Waals surface area contributed by atoms with Crippen molar-refractivity contribution in [2.24, 2.45) is 5.73 Å². The Morgan fingerprint density at radius 1 is 1.50 bits per heavy atom. The van der Waals surface area contributed by atoms with E-state index in [1.807, 2.05) is 0 Å². The Morgan fingerprint density at radius 3 is 2.69 bits per heavy atom. The second-order valence-corrected chi connectivity index (χ2v) is 4.37. The number of likely N-dealkylation sites (N-methyl/N-ethyl adjacent to an activating group) is 1. The monoisotopic (exact) mass is 229 g/mol. The number of ether oxygens (including phenoxy) is 1. The van der Waals surface area contributed by atoms with E-state index in [0.717, 1.165) is 26.2 Å². The van der Waals surface area contributed by atoms with Crippen LogP contribution in [-0.2, 0) is 9.53 Å². The van der Waals surface area contributed by atoms with Crippen LogP contribution in [0.15, 0.2) is 0 Å². The third kappa shape index (κ3) is 4.08. The number of carbonyl (C=O) groups excluding carboxylic acids is 1. The lowest BCUT2D eigenvalue weighted by Crippen LogP contribution is -2.46. The first-order valence-electron chi connectivity index (χ1n) is 5.87. The Labute approximate surface area is 97.5 Å². The second kappa shape index (κ2) is 6.83. The van der Waals surface area contributed by atoms with Gasteiger partial charge in [-0.3, -0.25) is 4.79 Å². The smallest absolute Gasteiger partial charge is 0.241 e. The van der Waals surface area contributed by atoms with Crippen molar-refractivity contribution in [2.75, 3.05) is 46.9 Å². The molecule has 0 aromatic rings. The van der Waals surface area contributed by atoms with Crippen molar-refractivity contribution in [1.82, 2.24) is 9.80 Å². The maximum atomic E-state index is 11.7. The molecule has 0 saturated carbocycles. The zero-order valence-electron chi connectivity index (χ0n) is 10.3. The summed E-state index contributed by atoms with van der Waals surface area (Å²) in [6.07, 6.45) is 2.56. The number of hydrogen-bond donors (Lipinski definition) is 1. The van der Waals surface area contributed by atoms with Gasteiger partial charge in [-0.2, -0.15) is 0 Å². The maximum absolute atomic E-state index is 11.7. The minimum Gasteiger partial charge on any atom is -0.383 e. The molecule has 1 atom stereocenters. The van der Waals surface area contributed by atoms with E-state index in [9.17, 15) is 4.79 Å². The van der Waals surface area contributed by atoms with Crippen LogP contribution in [0.2, 0.25) is 0 Å². The van der Waals surface area contributed by atoms with Crippen LogP contribution in [-0.4, -0.2) is 68.7 Å². The first kappa shape index (κ1) is 13.4. The number of hydrogen-bond acceptors (Lipinski definition) is 4. The summed E-state index contributed by atoms with van der Waals surface area (Å²) >= 11 is 0. The molecule has 1 aliphatic rings. The van der Waals surface area contributed by atoms with Crippen LogP contribution in [0.5, 0.6) is 0 Å². The van der Waals surface area contributed by atoms with Crippen LogP contribution >= 0.6 is 0 Å². The minimum atomic E-state index is -0.534. The first-order chi connectivity index (χ1) is 7.65. The van der Waals surface area contributed by atoms with E-state index in [2.05, 4.69) is 4.90 Å². The summed E-state index contributed by atoms with van der Waals surface area (Å²) in [5, 5.41) is 0. The number of likely N-dealkylation sites (tertiary alicyclic amines) is 1.